The molecule has 0 aromatic carbocycles. The maximum Gasteiger partial charge on any atom is 0.313 e. The van der Waals surface area contributed by atoms with Gasteiger partial charge in [-0.3, -0.25) is 14.4 Å². The van der Waals surface area contributed by atoms with E-state index >= 15 is 0 Å². The Morgan fingerprint density at radius 2 is 2.16 bits per heavy atom. The zero-order chi connectivity index (χ0) is 13.8. The fraction of sp³-hybridized carbons (Fsp3) is 0.308. The quantitative estimate of drug-likeness (QED) is 0.616. The highest BCUT2D eigenvalue weighted by Crippen LogP contribution is 2.16. The molecule has 0 bridgehead atoms. The molecule has 0 N–H and O–H groups in total. The average Bonchev–Trinajstić information content (AvgIpc) is 2.82. The summed E-state index contributed by atoms with van der Waals surface area (Å²) in [6.07, 6.45) is 1.27. The summed E-state index contributed by atoms with van der Waals surface area (Å²) in [6, 6.07) is 3.52. The van der Waals surface area contributed by atoms with Crippen LogP contribution in [0.15, 0.2) is 28.5 Å². The van der Waals surface area contributed by atoms with E-state index in [-0.39, 0.29) is 30.9 Å². The van der Waals surface area contributed by atoms with Gasteiger partial charge in [0.2, 0.25) is 0 Å². The molecule has 0 amide bonds. The largest absolute Gasteiger partial charge is 0.466 e. The molecule has 2 heterocycles. The minimum atomic E-state index is -0.558. The lowest BCUT2D eigenvalue weighted by Gasteiger charge is -2.05. The maximum absolute atomic E-state index is 12.0. The Morgan fingerprint density at radius 3 is 2.89 bits per heavy atom. The lowest BCUT2D eigenvalue weighted by Crippen LogP contribution is -2.25. The monoisotopic (exact) mass is 279 g/mol. The molecule has 0 saturated carbocycles. The van der Waals surface area contributed by atoms with Crippen molar-refractivity contribution in [1.82, 2.24) is 4.57 Å². The van der Waals surface area contributed by atoms with Crippen LogP contribution < -0.4 is 5.56 Å². The number of ether oxygens (including phenoxy) is 1. The fourth-order valence-corrected chi connectivity index (χ4v) is 2.52. The number of fused-ring (bicyclic) bond motifs is 1. The van der Waals surface area contributed by atoms with Gasteiger partial charge in [-0.2, -0.15) is 0 Å². The van der Waals surface area contributed by atoms with Gasteiger partial charge in [0.25, 0.3) is 5.56 Å². The van der Waals surface area contributed by atoms with Gasteiger partial charge in [0.1, 0.15) is 6.42 Å². The van der Waals surface area contributed by atoms with Gasteiger partial charge in [-0.1, -0.05) is 0 Å². The number of ketones is 1. The number of pyridine rings is 1. The van der Waals surface area contributed by atoms with E-state index in [0.29, 0.717) is 5.39 Å². The molecule has 0 aliphatic rings. The van der Waals surface area contributed by atoms with Crippen LogP contribution in [0.2, 0.25) is 0 Å². The molecule has 0 fully saturated rings. The Bertz CT molecular complexity index is 671. The van der Waals surface area contributed by atoms with Gasteiger partial charge in [-0.15, -0.1) is 11.3 Å². The molecule has 2 aromatic rings. The maximum atomic E-state index is 12.0. The van der Waals surface area contributed by atoms with Crippen molar-refractivity contribution in [2.24, 2.45) is 0 Å². The second-order valence-corrected chi connectivity index (χ2v) is 4.92. The number of thiophene rings is 1. The Kier molecular flexibility index (Phi) is 4.11. The number of rotatable bonds is 5. The Labute approximate surface area is 113 Å². The Morgan fingerprint density at radius 1 is 1.37 bits per heavy atom. The van der Waals surface area contributed by atoms with E-state index in [1.807, 2.05) is 5.38 Å². The van der Waals surface area contributed by atoms with E-state index in [0.717, 1.165) is 4.70 Å². The number of esters is 1. The minimum absolute atomic E-state index is 0.108. The second kappa shape index (κ2) is 5.79. The first kappa shape index (κ1) is 13.5. The van der Waals surface area contributed by atoms with Crippen molar-refractivity contribution in [1.29, 1.82) is 0 Å². The van der Waals surface area contributed by atoms with Crippen LogP contribution in [0, 0.1) is 0 Å². The molecule has 2 aromatic heterocycles. The van der Waals surface area contributed by atoms with Crippen molar-refractivity contribution < 1.29 is 14.3 Å². The van der Waals surface area contributed by atoms with Crippen LogP contribution >= 0.6 is 11.3 Å². The molecule has 0 aliphatic carbocycles. The number of hydrogen-bond acceptors (Lipinski definition) is 5. The molecule has 0 radical (unpaired) electrons. The zero-order valence-corrected chi connectivity index (χ0v) is 11.2. The molecule has 0 unspecified atom stereocenters. The minimum Gasteiger partial charge on any atom is -0.466 e. The molecular weight excluding hydrogens is 266 g/mol. The third-order valence-corrected chi connectivity index (χ3v) is 3.47. The number of carbonyl (C=O) groups excluding carboxylic acids is 2. The van der Waals surface area contributed by atoms with Crippen LogP contribution in [0.5, 0.6) is 0 Å². The van der Waals surface area contributed by atoms with Crippen LogP contribution in [0.4, 0.5) is 0 Å². The third kappa shape index (κ3) is 3.08. The van der Waals surface area contributed by atoms with Crippen molar-refractivity contribution in [2.75, 3.05) is 6.61 Å². The van der Waals surface area contributed by atoms with E-state index in [9.17, 15) is 14.4 Å². The summed E-state index contributed by atoms with van der Waals surface area (Å²) in [4.78, 5) is 34.9. The molecule has 0 spiro atoms. The third-order valence-electron chi connectivity index (χ3n) is 2.59. The molecule has 5 nitrogen and oxygen atoms in total. The number of nitrogens with zero attached hydrogens (tertiary/aromatic N) is 1. The van der Waals surface area contributed by atoms with Gasteiger partial charge in [-0.25, -0.2) is 0 Å². The highest BCUT2D eigenvalue weighted by Gasteiger charge is 2.12. The van der Waals surface area contributed by atoms with Crippen molar-refractivity contribution in [3.8, 4) is 0 Å². The number of carbonyl (C=O) groups is 2. The van der Waals surface area contributed by atoms with Crippen molar-refractivity contribution in [2.45, 2.75) is 19.9 Å². The molecule has 0 atom stereocenters. The first-order chi connectivity index (χ1) is 9.11. The zero-order valence-electron chi connectivity index (χ0n) is 10.4. The van der Waals surface area contributed by atoms with Crippen LogP contribution in [-0.4, -0.2) is 22.9 Å². The van der Waals surface area contributed by atoms with Crippen LogP contribution in [0.1, 0.15) is 13.3 Å². The van der Waals surface area contributed by atoms with E-state index in [1.54, 1.807) is 25.3 Å². The molecule has 0 aliphatic heterocycles. The van der Waals surface area contributed by atoms with E-state index < -0.39 is 5.97 Å². The molecule has 0 saturated heterocycles. The summed E-state index contributed by atoms with van der Waals surface area (Å²) in [6.45, 7) is 1.81. The number of aromatic nitrogens is 1. The van der Waals surface area contributed by atoms with Crippen molar-refractivity contribution in [3.05, 3.63) is 34.1 Å². The molecule has 2 rings (SSSR count). The molecule has 6 heteroatoms. The van der Waals surface area contributed by atoms with Crippen LogP contribution in [-0.2, 0) is 20.9 Å². The lowest BCUT2D eigenvalue weighted by molar-refractivity contribution is -0.145. The smallest absolute Gasteiger partial charge is 0.313 e. The average molecular weight is 279 g/mol. The summed E-state index contributed by atoms with van der Waals surface area (Å²) < 4.78 is 6.90. The molecular formula is C13H13NO4S. The van der Waals surface area contributed by atoms with Gasteiger partial charge in [-0.05, 0) is 24.4 Å². The highest BCUT2D eigenvalue weighted by atomic mass is 32.1. The van der Waals surface area contributed by atoms with E-state index in [2.05, 4.69) is 0 Å². The van der Waals surface area contributed by atoms with Gasteiger partial charge in [0.15, 0.2) is 5.78 Å². The molecule has 19 heavy (non-hydrogen) atoms. The standard InChI is InChI=1S/C13H13NO4S/c1-2-18-12(16)7-9(15)8-14-5-3-11-10(13(14)17)4-6-19-11/h3-6H,2,7-8H2,1H3. The van der Waals surface area contributed by atoms with Crippen LogP contribution in [0.3, 0.4) is 0 Å². The van der Waals surface area contributed by atoms with E-state index in [4.69, 9.17) is 4.74 Å². The van der Waals surface area contributed by atoms with Gasteiger partial charge in [0, 0.05) is 10.9 Å². The predicted molar refractivity (Wildman–Crippen MR) is 72.3 cm³/mol. The van der Waals surface area contributed by atoms with Gasteiger partial charge < -0.3 is 9.30 Å². The first-order valence-corrected chi connectivity index (χ1v) is 6.73. The summed E-state index contributed by atoms with van der Waals surface area (Å²) in [7, 11) is 0. The Balaban J connectivity index is 2.13. The summed E-state index contributed by atoms with van der Waals surface area (Å²) in [5, 5.41) is 2.42. The Hall–Kier alpha value is -1.95. The number of hydrogen-bond donors (Lipinski definition) is 0. The normalized spacial score (nSPS) is 10.6. The van der Waals surface area contributed by atoms with Gasteiger partial charge >= 0.3 is 5.97 Å². The second-order valence-electron chi connectivity index (χ2n) is 3.97. The topological polar surface area (TPSA) is 65.4 Å². The van der Waals surface area contributed by atoms with E-state index in [1.165, 1.54) is 15.9 Å². The summed E-state index contributed by atoms with van der Waals surface area (Å²) in [5.74, 6) is -0.896. The fourth-order valence-electron chi connectivity index (χ4n) is 1.75. The number of Topliss-reactive ketones (excluding diaryl/α,β-unsaturated/α-hetero) is 1. The summed E-state index contributed by atoms with van der Waals surface area (Å²) in [5.41, 5.74) is -0.212. The summed E-state index contributed by atoms with van der Waals surface area (Å²) >= 11 is 1.47. The highest BCUT2D eigenvalue weighted by molar-refractivity contribution is 7.17. The van der Waals surface area contributed by atoms with Crippen LogP contribution in [0.25, 0.3) is 10.1 Å². The predicted octanol–water partition coefficient (Wildman–Crippen LogP) is 1.59. The molecule has 100 valence electrons. The van der Waals surface area contributed by atoms with Crippen molar-refractivity contribution in [3.63, 3.8) is 0 Å². The first-order valence-electron chi connectivity index (χ1n) is 5.85. The van der Waals surface area contributed by atoms with Crippen molar-refractivity contribution >= 4 is 33.2 Å². The SMILES string of the molecule is CCOC(=O)CC(=O)Cn1ccc2sccc2c1=O. The van der Waals surface area contributed by atoms with Gasteiger partial charge in [0.05, 0.1) is 18.5 Å². The lowest BCUT2D eigenvalue weighted by atomic mass is 10.2.